The lowest BCUT2D eigenvalue weighted by molar-refractivity contribution is -0.385. The minimum Gasteiger partial charge on any atom is -0.311 e. The van der Waals surface area contributed by atoms with Crippen LogP contribution in [-0.4, -0.2) is 15.2 Å². The average Bonchev–Trinajstić information content (AvgIpc) is 2.12. The van der Waals surface area contributed by atoms with Crippen LogP contribution >= 0.6 is 11.8 Å². The third kappa shape index (κ3) is 2.14. The van der Waals surface area contributed by atoms with Gasteiger partial charge in [0.15, 0.2) is 0 Å². The summed E-state index contributed by atoms with van der Waals surface area (Å²) in [6.45, 7) is 1.89. The van der Waals surface area contributed by atoms with Gasteiger partial charge < -0.3 is 4.57 Å². The summed E-state index contributed by atoms with van der Waals surface area (Å²) in [5.41, 5.74) is -0.245. The van der Waals surface area contributed by atoms with Crippen LogP contribution in [0.1, 0.15) is 6.92 Å². The first kappa shape index (κ1) is 10.8. The van der Waals surface area contributed by atoms with Crippen molar-refractivity contribution in [3.8, 4) is 0 Å². The normalized spacial score (nSPS) is 10.1. The first-order chi connectivity index (χ1) is 6.56. The van der Waals surface area contributed by atoms with Crippen LogP contribution in [-0.2, 0) is 7.05 Å². The average molecular weight is 214 g/mol. The minimum absolute atomic E-state index is 0.0527. The second kappa shape index (κ2) is 4.28. The van der Waals surface area contributed by atoms with E-state index in [1.807, 2.05) is 6.92 Å². The number of nitrogens with zero attached hydrogens (tertiary/aromatic N) is 2. The standard InChI is InChI=1S/C8H10N2O3S/c1-3-14-7-4-6(10(12)13)5-9(2)8(7)11/h4-5H,3H2,1-2H3. The molecule has 0 aromatic carbocycles. The van der Waals surface area contributed by atoms with Crippen LogP contribution in [0.5, 0.6) is 0 Å². The molecular formula is C8H10N2O3S. The van der Waals surface area contributed by atoms with Crippen LogP contribution in [0.2, 0.25) is 0 Å². The van der Waals surface area contributed by atoms with Crippen molar-refractivity contribution < 1.29 is 4.92 Å². The highest BCUT2D eigenvalue weighted by molar-refractivity contribution is 7.99. The Labute approximate surface area is 84.9 Å². The van der Waals surface area contributed by atoms with Crippen LogP contribution in [0.4, 0.5) is 5.69 Å². The molecule has 0 saturated heterocycles. The molecule has 0 aliphatic rings. The number of rotatable bonds is 3. The van der Waals surface area contributed by atoms with E-state index < -0.39 is 4.92 Å². The molecule has 1 aromatic heterocycles. The Morgan fingerprint density at radius 3 is 2.79 bits per heavy atom. The monoisotopic (exact) mass is 214 g/mol. The van der Waals surface area contributed by atoms with Crippen molar-refractivity contribution >= 4 is 17.4 Å². The fourth-order valence-electron chi connectivity index (χ4n) is 1.02. The Kier molecular flexibility index (Phi) is 3.29. The Balaban J connectivity index is 3.28. The Bertz CT molecular complexity index is 414. The molecule has 1 heterocycles. The predicted octanol–water partition coefficient (Wildman–Crippen LogP) is 1.41. The van der Waals surface area contributed by atoms with E-state index in [9.17, 15) is 14.9 Å². The van der Waals surface area contributed by atoms with Crippen LogP contribution in [0.15, 0.2) is 22.0 Å². The van der Waals surface area contributed by atoms with Crippen molar-refractivity contribution in [1.82, 2.24) is 4.57 Å². The van der Waals surface area contributed by atoms with Gasteiger partial charge in [0, 0.05) is 13.1 Å². The molecule has 1 aromatic rings. The molecule has 0 spiro atoms. The Morgan fingerprint density at radius 2 is 2.29 bits per heavy atom. The SMILES string of the molecule is CCSc1cc([N+](=O)[O-])cn(C)c1=O. The van der Waals surface area contributed by atoms with Gasteiger partial charge >= 0.3 is 0 Å². The zero-order valence-corrected chi connectivity index (χ0v) is 8.71. The van der Waals surface area contributed by atoms with E-state index in [0.29, 0.717) is 4.90 Å². The maximum atomic E-state index is 11.5. The molecular weight excluding hydrogens is 204 g/mol. The van der Waals surface area contributed by atoms with Crippen molar-refractivity contribution in [3.63, 3.8) is 0 Å². The number of hydrogen-bond donors (Lipinski definition) is 0. The highest BCUT2D eigenvalue weighted by atomic mass is 32.2. The minimum atomic E-state index is -0.501. The number of thioether (sulfide) groups is 1. The zero-order chi connectivity index (χ0) is 10.7. The smallest absolute Gasteiger partial charge is 0.286 e. The number of hydrogen-bond acceptors (Lipinski definition) is 4. The lowest BCUT2D eigenvalue weighted by Gasteiger charge is -2.01. The second-order valence-electron chi connectivity index (χ2n) is 2.67. The van der Waals surface area contributed by atoms with Gasteiger partial charge in [-0.2, -0.15) is 0 Å². The summed E-state index contributed by atoms with van der Waals surface area (Å²) in [6.07, 6.45) is 1.22. The third-order valence-electron chi connectivity index (χ3n) is 1.65. The number of aryl methyl sites for hydroxylation is 1. The first-order valence-electron chi connectivity index (χ1n) is 4.04. The molecule has 0 aliphatic heterocycles. The molecule has 0 N–H and O–H groups in total. The largest absolute Gasteiger partial charge is 0.311 e. The number of nitro groups is 1. The summed E-state index contributed by atoms with van der Waals surface area (Å²) in [6, 6.07) is 1.32. The molecule has 1 rings (SSSR count). The van der Waals surface area contributed by atoms with E-state index in [0.717, 1.165) is 5.75 Å². The fourth-order valence-corrected chi connectivity index (χ4v) is 1.81. The molecule has 0 atom stereocenters. The van der Waals surface area contributed by atoms with Crippen LogP contribution in [0.3, 0.4) is 0 Å². The van der Waals surface area contributed by atoms with Crippen molar-refractivity contribution in [2.45, 2.75) is 11.8 Å². The van der Waals surface area contributed by atoms with Crippen LogP contribution in [0, 0.1) is 10.1 Å². The summed E-state index contributed by atoms with van der Waals surface area (Å²) >= 11 is 1.31. The number of aromatic nitrogens is 1. The highest BCUT2D eigenvalue weighted by Crippen LogP contribution is 2.18. The molecule has 0 fully saturated rings. The maximum Gasteiger partial charge on any atom is 0.286 e. The molecule has 6 heteroatoms. The van der Waals surface area contributed by atoms with Crippen molar-refractivity contribution in [3.05, 3.63) is 32.7 Å². The molecule has 0 amide bonds. The summed E-state index contributed by atoms with van der Waals surface area (Å²) < 4.78 is 1.23. The van der Waals surface area contributed by atoms with Gasteiger partial charge in [0.1, 0.15) is 0 Å². The Hall–Kier alpha value is -1.30. The maximum absolute atomic E-state index is 11.5. The van der Waals surface area contributed by atoms with Crippen molar-refractivity contribution in [2.75, 3.05) is 5.75 Å². The summed E-state index contributed by atoms with van der Waals surface area (Å²) in [5.74, 6) is 0.719. The highest BCUT2D eigenvalue weighted by Gasteiger charge is 2.11. The second-order valence-corrected chi connectivity index (χ2v) is 3.97. The molecule has 0 unspecified atom stereocenters. The molecule has 0 bridgehead atoms. The van der Waals surface area contributed by atoms with E-state index in [1.54, 1.807) is 0 Å². The van der Waals surface area contributed by atoms with Gasteiger partial charge in [-0.05, 0) is 5.75 Å². The van der Waals surface area contributed by atoms with Gasteiger partial charge in [0.05, 0.1) is 16.0 Å². The molecule has 76 valence electrons. The topological polar surface area (TPSA) is 65.1 Å². The fraction of sp³-hybridized carbons (Fsp3) is 0.375. The van der Waals surface area contributed by atoms with Crippen molar-refractivity contribution in [2.24, 2.45) is 7.05 Å². The molecule has 14 heavy (non-hydrogen) atoms. The van der Waals surface area contributed by atoms with Crippen molar-refractivity contribution in [1.29, 1.82) is 0 Å². The van der Waals surface area contributed by atoms with Gasteiger partial charge in [0.25, 0.3) is 11.2 Å². The van der Waals surface area contributed by atoms with E-state index >= 15 is 0 Å². The molecule has 0 aliphatic carbocycles. The molecule has 0 saturated carbocycles. The Morgan fingerprint density at radius 1 is 1.64 bits per heavy atom. The van der Waals surface area contributed by atoms with E-state index in [-0.39, 0.29) is 11.2 Å². The van der Waals surface area contributed by atoms with E-state index in [4.69, 9.17) is 0 Å². The lowest BCUT2D eigenvalue weighted by Crippen LogP contribution is -2.18. The quantitative estimate of drug-likeness (QED) is 0.433. The number of pyridine rings is 1. The van der Waals surface area contributed by atoms with Gasteiger partial charge in [-0.3, -0.25) is 14.9 Å². The summed E-state index contributed by atoms with van der Waals surface area (Å²) in [5, 5.41) is 10.5. The van der Waals surface area contributed by atoms with Crippen LogP contribution < -0.4 is 5.56 Å². The van der Waals surface area contributed by atoms with E-state index in [1.165, 1.54) is 35.6 Å². The van der Waals surface area contributed by atoms with Gasteiger partial charge in [0.2, 0.25) is 0 Å². The first-order valence-corrected chi connectivity index (χ1v) is 5.02. The third-order valence-corrected chi connectivity index (χ3v) is 2.54. The van der Waals surface area contributed by atoms with Gasteiger partial charge in [-0.25, -0.2) is 0 Å². The van der Waals surface area contributed by atoms with Gasteiger partial charge in [-0.1, -0.05) is 6.92 Å². The van der Waals surface area contributed by atoms with Gasteiger partial charge in [-0.15, -0.1) is 11.8 Å². The summed E-state index contributed by atoms with van der Waals surface area (Å²) in [7, 11) is 1.51. The summed E-state index contributed by atoms with van der Waals surface area (Å²) in [4.78, 5) is 21.9. The predicted molar refractivity (Wildman–Crippen MR) is 54.7 cm³/mol. The molecule has 0 radical (unpaired) electrons. The zero-order valence-electron chi connectivity index (χ0n) is 7.89. The lowest BCUT2D eigenvalue weighted by atomic mass is 10.4. The molecule has 5 nitrogen and oxygen atoms in total. The van der Waals surface area contributed by atoms with E-state index in [2.05, 4.69) is 0 Å². The van der Waals surface area contributed by atoms with Crippen LogP contribution in [0.25, 0.3) is 0 Å².